The molecule has 4 fully saturated rings. The molecule has 298 valence electrons. The average molecular weight is 767 g/mol. The zero-order valence-corrected chi connectivity index (χ0v) is 33.1. The third-order valence-electron chi connectivity index (χ3n) is 15.6. The number of nitrogens with zero attached hydrogens (tertiary/aromatic N) is 3. The molecule has 0 radical (unpaired) electrons. The van der Waals surface area contributed by atoms with Gasteiger partial charge in [-0.1, -0.05) is 44.2 Å². The molecule has 1 aliphatic carbocycles. The van der Waals surface area contributed by atoms with Crippen molar-refractivity contribution in [3.63, 3.8) is 0 Å². The van der Waals surface area contributed by atoms with Crippen LogP contribution in [0.4, 0.5) is 5.69 Å². The largest absolute Gasteiger partial charge is 0.496 e. The number of carbonyl (C=O) groups is 2. The molecule has 6 aliphatic heterocycles. The lowest BCUT2D eigenvalue weighted by Crippen LogP contribution is -2.80. The molecule has 7 aliphatic rings. The maximum Gasteiger partial charge on any atom is 0.345 e. The molecule has 12 heteroatoms. The fourth-order valence-electron chi connectivity index (χ4n) is 13.5. The number of aliphatic hydroxyl groups excluding tert-OH is 1. The van der Waals surface area contributed by atoms with E-state index in [1.54, 1.807) is 7.11 Å². The summed E-state index contributed by atoms with van der Waals surface area (Å²) in [4.78, 5) is 40.2. The minimum Gasteiger partial charge on any atom is -0.496 e. The van der Waals surface area contributed by atoms with Crippen LogP contribution in [-0.2, 0) is 41.1 Å². The Bertz CT molecular complexity index is 2170. The van der Waals surface area contributed by atoms with E-state index < -0.39 is 51.5 Å². The molecule has 2 bridgehead atoms. The maximum absolute atomic E-state index is 15.3. The number of para-hydroxylation sites is 1. The van der Waals surface area contributed by atoms with Gasteiger partial charge in [0, 0.05) is 84.0 Å². The van der Waals surface area contributed by atoms with Crippen molar-refractivity contribution in [2.24, 2.45) is 11.3 Å². The van der Waals surface area contributed by atoms with Gasteiger partial charge in [-0.05, 0) is 74.2 Å². The number of carbonyl (C=O) groups excluding carboxylic acids is 2. The molecule has 2 spiro atoms. The van der Waals surface area contributed by atoms with Crippen molar-refractivity contribution in [2.45, 2.75) is 92.6 Å². The summed E-state index contributed by atoms with van der Waals surface area (Å²) in [5.41, 5.74) is -0.0163. The molecular formula is C44H54N4O8. The fourth-order valence-corrected chi connectivity index (χ4v) is 13.5. The molecular weight excluding hydrogens is 713 g/mol. The Morgan fingerprint density at radius 2 is 1.89 bits per heavy atom. The van der Waals surface area contributed by atoms with E-state index in [0.29, 0.717) is 56.4 Å². The highest BCUT2D eigenvalue weighted by Gasteiger charge is 2.81. The Morgan fingerprint density at radius 3 is 2.62 bits per heavy atom. The summed E-state index contributed by atoms with van der Waals surface area (Å²) >= 11 is 0. The second kappa shape index (κ2) is 12.3. The number of likely N-dealkylation sites (N-methyl/N-ethyl adjacent to an activating group) is 1. The second-order valence-electron chi connectivity index (χ2n) is 17.8. The number of piperidine rings is 1. The van der Waals surface area contributed by atoms with Gasteiger partial charge in [0.2, 0.25) is 5.60 Å². The zero-order chi connectivity index (χ0) is 39.0. The first-order chi connectivity index (χ1) is 27.0. The van der Waals surface area contributed by atoms with Crippen LogP contribution in [0.3, 0.4) is 0 Å². The van der Waals surface area contributed by atoms with E-state index >= 15 is 4.79 Å². The van der Waals surface area contributed by atoms with Crippen molar-refractivity contribution in [2.75, 3.05) is 65.7 Å². The van der Waals surface area contributed by atoms with E-state index in [1.807, 2.05) is 32.2 Å². The Hall–Kier alpha value is -3.94. The summed E-state index contributed by atoms with van der Waals surface area (Å²) in [7, 11) is 5.09. The van der Waals surface area contributed by atoms with E-state index in [-0.39, 0.29) is 18.8 Å². The van der Waals surface area contributed by atoms with E-state index in [0.717, 1.165) is 59.6 Å². The van der Waals surface area contributed by atoms with Crippen molar-refractivity contribution < 1.29 is 38.7 Å². The summed E-state index contributed by atoms with van der Waals surface area (Å²) in [6.45, 7) is 7.47. The first kappa shape index (κ1) is 36.4. The number of hydrogen-bond donors (Lipinski definition) is 3. The van der Waals surface area contributed by atoms with Crippen molar-refractivity contribution in [3.05, 3.63) is 70.9 Å². The number of cyclic esters (lactones) is 1. The molecule has 12 nitrogen and oxygen atoms in total. The first-order valence-electron chi connectivity index (χ1n) is 20.5. The number of aliphatic hydroxyl groups is 2. The van der Waals surface area contributed by atoms with Crippen molar-refractivity contribution in [1.29, 1.82) is 0 Å². The number of hydrogen-bond acceptors (Lipinski definition) is 11. The topological polar surface area (TPSA) is 137 Å². The normalized spacial score (nSPS) is 39.7. The molecule has 2 aromatic carbocycles. The van der Waals surface area contributed by atoms with Crippen LogP contribution in [0.15, 0.2) is 48.6 Å². The second-order valence-corrected chi connectivity index (χ2v) is 17.8. The van der Waals surface area contributed by atoms with Crippen LogP contribution in [0.25, 0.3) is 10.9 Å². The quantitative estimate of drug-likeness (QED) is 0.259. The van der Waals surface area contributed by atoms with Gasteiger partial charge in [-0.15, -0.1) is 0 Å². The summed E-state index contributed by atoms with van der Waals surface area (Å²) in [5.74, 6) is -0.453. The third-order valence-corrected chi connectivity index (χ3v) is 15.6. The van der Waals surface area contributed by atoms with Gasteiger partial charge in [-0.25, -0.2) is 4.79 Å². The molecule has 10 unspecified atom stereocenters. The number of benzene rings is 2. The molecule has 3 aromatic rings. The van der Waals surface area contributed by atoms with Gasteiger partial charge in [0.05, 0.1) is 25.9 Å². The third kappa shape index (κ3) is 4.32. The van der Waals surface area contributed by atoms with Gasteiger partial charge in [-0.2, -0.15) is 0 Å². The number of aromatic amines is 1. The lowest BCUT2D eigenvalue weighted by molar-refractivity contribution is -0.203. The zero-order valence-electron chi connectivity index (χ0n) is 33.1. The average Bonchev–Trinajstić information content (AvgIpc) is 3.96. The summed E-state index contributed by atoms with van der Waals surface area (Å²) in [6, 6.07) is 11.7. The van der Waals surface area contributed by atoms with Gasteiger partial charge >= 0.3 is 11.9 Å². The van der Waals surface area contributed by atoms with Crippen molar-refractivity contribution in [3.8, 4) is 5.75 Å². The number of esters is 2. The lowest BCUT2D eigenvalue weighted by atomic mass is 9.47. The Kier molecular flexibility index (Phi) is 7.99. The van der Waals surface area contributed by atoms with Crippen LogP contribution >= 0.6 is 0 Å². The molecule has 1 saturated carbocycles. The summed E-state index contributed by atoms with van der Waals surface area (Å²) < 4.78 is 24.4. The fraction of sp³-hybridized carbons (Fsp3) is 0.591. The van der Waals surface area contributed by atoms with E-state index in [1.165, 1.54) is 7.11 Å². The molecule has 3 saturated heterocycles. The van der Waals surface area contributed by atoms with Gasteiger partial charge < -0.3 is 39.0 Å². The molecule has 7 heterocycles. The number of anilines is 1. The molecule has 1 aromatic heterocycles. The number of ether oxygens (including phenoxy) is 4. The standard InChI is InChI=1S/C44H54N4O8/c1-6-40(52)21-26-22-43(38(50)54-5,34-28(13-17-47(23-26)24-40)27-11-8-9-12-31(27)45-34)30-19-29-32(20-33(30)53-4)46(3)36-42(29)15-18-48-16-10-14-41(7-2,35(42)48)37(49)44(36)39(51)55-25-56-44/h8-12,14,19-20,26,35-37,45,49,52H,6-7,13,15-18,21-25H2,1-5H3. The first-order valence-corrected chi connectivity index (χ1v) is 20.5. The minimum absolute atomic E-state index is 0.0512. The molecule has 10 atom stereocenters. The Balaban J connectivity index is 1.28. The summed E-state index contributed by atoms with van der Waals surface area (Å²) in [6.07, 6.45) is 6.62. The highest BCUT2D eigenvalue weighted by atomic mass is 16.7. The van der Waals surface area contributed by atoms with Crippen LogP contribution in [0, 0.1) is 11.3 Å². The number of rotatable bonds is 5. The van der Waals surface area contributed by atoms with E-state index in [9.17, 15) is 15.0 Å². The lowest BCUT2D eigenvalue weighted by Gasteiger charge is -2.63. The van der Waals surface area contributed by atoms with Crippen LogP contribution < -0.4 is 9.64 Å². The van der Waals surface area contributed by atoms with Crippen molar-refractivity contribution >= 4 is 28.5 Å². The molecule has 56 heavy (non-hydrogen) atoms. The smallest absolute Gasteiger partial charge is 0.345 e. The van der Waals surface area contributed by atoms with Crippen molar-refractivity contribution in [1.82, 2.24) is 14.8 Å². The number of fused-ring (bicyclic) bond motifs is 7. The van der Waals surface area contributed by atoms with E-state index in [4.69, 9.17) is 18.9 Å². The van der Waals surface area contributed by atoms with Crippen LogP contribution in [0.2, 0.25) is 0 Å². The van der Waals surface area contributed by atoms with Gasteiger partial charge in [-0.3, -0.25) is 14.6 Å². The van der Waals surface area contributed by atoms with Crippen LogP contribution in [0.5, 0.6) is 5.75 Å². The van der Waals surface area contributed by atoms with Crippen LogP contribution in [0.1, 0.15) is 68.3 Å². The number of H-pyrrole nitrogens is 1. The number of aromatic nitrogens is 1. The number of nitrogens with one attached hydrogen (secondary N) is 1. The monoisotopic (exact) mass is 766 g/mol. The minimum atomic E-state index is -1.65. The molecule has 10 rings (SSSR count). The number of methoxy groups -OCH3 is 2. The van der Waals surface area contributed by atoms with E-state index in [2.05, 4.69) is 57.0 Å². The Labute approximate surface area is 327 Å². The highest BCUT2D eigenvalue weighted by Crippen LogP contribution is 2.68. The molecule has 3 N–H and O–H groups in total. The maximum atomic E-state index is 15.3. The highest BCUT2D eigenvalue weighted by molar-refractivity contribution is 5.95. The van der Waals surface area contributed by atoms with Crippen LogP contribution in [-0.4, -0.2) is 127 Å². The Morgan fingerprint density at radius 1 is 1.07 bits per heavy atom. The predicted octanol–water partition coefficient (Wildman–Crippen LogP) is 3.79. The predicted molar refractivity (Wildman–Crippen MR) is 209 cm³/mol. The van der Waals surface area contributed by atoms with Gasteiger partial charge in [0.25, 0.3) is 0 Å². The SMILES string of the molecule is CCC1(O)CC2CN(CCc3c([nH]c4ccccc34)C(C(=O)OC)(c3cc4c(cc3OC)N(C)C3C5(OCOC5=O)C(O)C5(CC)C=CCN6CCC43C65)C2)C1. The summed E-state index contributed by atoms with van der Waals surface area (Å²) in [5, 5.41) is 25.7. The molecule has 0 amide bonds. The van der Waals surface area contributed by atoms with Gasteiger partial charge in [0.15, 0.2) is 6.79 Å². The van der Waals surface area contributed by atoms with Gasteiger partial charge in [0.1, 0.15) is 17.3 Å².